The van der Waals surface area contributed by atoms with Crippen molar-refractivity contribution in [1.29, 1.82) is 0 Å². The molecule has 1 heterocycles. The van der Waals surface area contributed by atoms with Gasteiger partial charge in [-0.1, -0.05) is 178 Å². The van der Waals surface area contributed by atoms with Gasteiger partial charge in [-0.3, -0.25) is 0 Å². The van der Waals surface area contributed by atoms with Crippen molar-refractivity contribution in [2.24, 2.45) is 0 Å². The molecule has 0 fully saturated rings. The van der Waals surface area contributed by atoms with E-state index in [1.165, 1.54) is 100 Å². The van der Waals surface area contributed by atoms with Crippen LogP contribution in [0.5, 0.6) is 0 Å². The van der Waals surface area contributed by atoms with Crippen LogP contribution in [0.25, 0.3) is 50.1 Å². The Morgan fingerprint density at radius 3 is 1.89 bits per heavy atom. The highest BCUT2D eigenvalue weighted by atomic mass is 16.3. The number of rotatable bonds is 4. The predicted octanol–water partition coefficient (Wildman–Crippen LogP) is 15.6. The van der Waals surface area contributed by atoms with Crippen molar-refractivity contribution < 1.29 is 4.42 Å². The van der Waals surface area contributed by atoms with Crippen LogP contribution in [0.3, 0.4) is 0 Å². The highest BCUT2D eigenvalue weighted by Crippen LogP contribution is 2.65. The van der Waals surface area contributed by atoms with E-state index in [1.54, 1.807) is 0 Å². The summed E-state index contributed by atoms with van der Waals surface area (Å²) in [5, 5.41) is 3.58. The summed E-state index contributed by atoms with van der Waals surface area (Å²) in [6.45, 7) is 4.79. The van der Waals surface area contributed by atoms with Gasteiger partial charge in [-0.05, 0) is 120 Å². The molecule has 0 bridgehead atoms. The van der Waals surface area contributed by atoms with Crippen molar-refractivity contribution in [3.05, 3.63) is 261 Å². The Labute approximate surface area is 374 Å². The summed E-state index contributed by atoms with van der Waals surface area (Å²) in [5.74, 6) is 1.35. The minimum absolute atomic E-state index is 0.0320. The van der Waals surface area contributed by atoms with Gasteiger partial charge in [-0.25, -0.2) is 0 Å². The maximum Gasteiger partial charge on any atom is 0.135 e. The molecule has 1 spiro atoms. The van der Waals surface area contributed by atoms with Crippen molar-refractivity contribution >= 4 is 33.5 Å². The first-order valence-electron chi connectivity index (χ1n) is 22.9. The summed E-state index contributed by atoms with van der Waals surface area (Å²) in [6.07, 6.45) is 9.32. The second kappa shape index (κ2) is 13.1. The molecule has 0 N–H and O–H groups in total. The minimum Gasteiger partial charge on any atom is -0.460 e. The maximum atomic E-state index is 7.00. The molecule has 9 aromatic rings. The lowest BCUT2D eigenvalue weighted by Crippen LogP contribution is -2.30. The van der Waals surface area contributed by atoms with Crippen LogP contribution in [0.1, 0.15) is 88.8 Å². The molecular weight excluding hydrogens is 775 g/mol. The van der Waals surface area contributed by atoms with Crippen LogP contribution >= 0.6 is 0 Å². The van der Waals surface area contributed by atoms with Crippen LogP contribution in [0.4, 0.5) is 5.69 Å². The van der Waals surface area contributed by atoms with Gasteiger partial charge in [0.15, 0.2) is 0 Å². The highest BCUT2D eigenvalue weighted by molar-refractivity contribution is 6.01. The number of hydrogen-bond acceptors (Lipinski definition) is 2. The summed E-state index contributed by atoms with van der Waals surface area (Å²) in [6, 6.07) is 68.2. The molecule has 14 rings (SSSR count). The van der Waals surface area contributed by atoms with Crippen LogP contribution in [0, 0.1) is 0 Å². The number of hydrogen-bond donors (Lipinski definition) is 0. The van der Waals surface area contributed by atoms with Gasteiger partial charge >= 0.3 is 0 Å². The zero-order valence-corrected chi connectivity index (χ0v) is 36.0. The number of allylic oxidation sites excluding steroid dienone is 4. The molecule has 2 nitrogen and oxygen atoms in total. The van der Waals surface area contributed by atoms with E-state index in [0.717, 1.165) is 29.6 Å². The summed E-state index contributed by atoms with van der Waals surface area (Å²) >= 11 is 0. The quantitative estimate of drug-likeness (QED) is 0.176. The first-order valence-corrected chi connectivity index (χ1v) is 22.9. The van der Waals surface area contributed by atoms with Gasteiger partial charge in [0.05, 0.1) is 5.41 Å². The number of nitrogens with zero attached hydrogens (tertiary/aromatic N) is 1. The summed E-state index contributed by atoms with van der Waals surface area (Å²) in [7, 11) is 0. The Bertz CT molecular complexity index is 3510. The van der Waals surface area contributed by atoms with Crippen molar-refractivity contribution in [3.8, 4) is 22.3 Å². The van der Waals surface area contributed by atoms with E-state index in [0.29, 0.717) is 0 Å². The number of fused-ring (bicyclic) bond motifs is 17. The SMILES string of the molecule is CC1(C)c2ccccc2-c2ccc(N(C3=CCC4C(=C3)C3(c5ccccc5-c5ccccc53)c3ccccc34)C3=Cc4c(oc5cc6ccccc6cc45)C(c4ccccc4)C3)cc21. The molecule has 0 radical (unpaired) electrons. The Kier molecular flexibility index (Phi) is 7.37. The summed E-state index contributed by atoms with van der Waals surface area (Å²) < 4.78 is 7.00. The molecule has 1 aromatic heterocycles. The lowest BCUT2D eigenvalue weighted by Gasteiger charge is -2.38. The molecule has 304 valence electrons. The third-order valence-electron chi connectivity index (χ3n) is 15.6. The van der Waals surface area contributed by atoms with Gasteiger partial charge in [-0.15, -0.1) is 0 Å². The molecule has 0 saturated heterocycles. The van der Waals surface area contributed by atoms with Crippen LogP contribution in [0.15, 0.2) is 216 Å². The topological polar surface area (TPSA) is 16.4 Å². The molecule has 0 amide bonds. The van der Waals surface area contributed by atoms with Gasteiger partial charge in [0.1, 0.15) is 11.3 Å². The van der Waals surface area contributed by atoms with Crippen LogP contribution in [-0.2, 0) is 10.8 Å². The van der Waals surface area contributed by atoms with E-state index < -0.39 is 0 Å². The molecule has 5 aliphatic carbocycles. The molecule has 2 unspecified atom stereocenters. The highest BCUT2D eigenvalue weighted by Gasteiger charge is 2.55. The monoisotopic (exact) mass is 819 g/mol. The second-order valence-electron chi connectivity index (χ2n) is 19.1. The van der Waals surface area contributed by atoms with Gasteiger partial charge < -0.3 is 9.32 Å². The van der Waals surface area contributed by atoms with Crippen molar-refractivity contribution in [3.63, 3.8) is 0 Å². The molecule has 8 aromatic carbocycles. The molecule has 2 atom stereocenters. The van der Waals surface area contributed by atoms with Crippen molar-refractivity contribution in [2.75, 3.05) is 4.90 Å². The van der Waals surface area contributed by atoms with E-state index in [-0.39, 0.29) is 22.7 Å². The average molecular weight is 820 g/mol. The Morgan fingerprint density at radius 2 is 1.14 bits per heavy atom. The standard InChI is InChI=1S/C62H45NO/c1-61(2)53-24-12-8-20-44(53)48-30-28-41(36-57(48)61)63(43-34-50(38-16-4-3-5-17-38)60-52(35-43)51-32-39-18-6-7-19-40(39)33-59(51)64-60)42-29-31-49-47-23-11-15-27-56(47)62(58(49)37-42)54-25-13-9-21-45(54)46-22-10-14-26-55(46)62/h3-30,32-33,35-37,49-50H,31,34H2,1-2H3. The lowest BCUT2D eigenvalue weighted by molar-refractivity contribution is 0.511. The third kappa shape index (κ3) is 4.75. The zero-order valence-electron chi connectivity index (χ0n) is 36.0. The predicted molar refractivity (Wildman–Crippen MR) is 263 cm³/mol. The molecule has 0 aliphatic heterocycles. The summed E-state index contributed by atoms with van der Waals surface area (Å²) in [5.41, 5.74) is 21.8. The fraction of sp³-hybridized carbons (Fsp3) is 0.129. The van der Waals surface area contributed by atoms with E-state index in [4.69, 9.17) is 4.42 Å². The fourth-order valence-electron chi connectivity index (χ4n) is 12.8. The van der Waals surface area contributed by atoms with Crippen molar-refractivity contribution in [2.45, 2.75) is 49.4 Å². The maximum absolute atomic E-state index is 7.00. The zero-order chi connectivity index (χ0) is 42.3. The summed E-state index contributed by atoms with van der Waals surface area (Å²) in [4.78, 5) is 2.63. The average Bonchev–Trinajstić information content (AvgIpc) is 4.02. The van der Waals surface area contributed by atoms with Crippen LogP contribution < -0.4 is 4.90 Å². The number of benzene rings is 8. The first kappa shape index (κ1) is 36.1. The molecule has 64 heavy (non-hydrogen) atoms. The largest absolute Gasteiger partial charge is 0.460 e. The smallest absolute Gasteiger partial charge is 0.135 e. The lowest BCUT2D eigenvalue weighted by atomic mass is 9.68. The van der Waals surface area contributed by atoms with E-state index in [9.17, 15) is 0 Å². The minimum atomic E-state index is -0.385. The Morgan fingerprint density at radius 1 is 0.531 bits per heavy atom. The fourth-order valence-corrected chi connectivity index (χ4v) is 12.8. The normalized spacial score (nSPS) is 18.9. The second-order valence-corrected chi connectivity index (χ2v) is 19.1. The van der Waals surface area contributed by atoms with E-state index in [2.05, 4.69) is 219 Å². The molecule has 5 aliphatic rings. The number of furan rings is 1. The van der Waals surface area contributed by atoms with Gasteiger partial charge in [-0.2, -0.15) is 0 Å². The van der Waals surface area contributed by atoms with Gasteiger partial charge in [0, 0.05) is 51.7 Å². The van der Waals surface area contributed by atoms with Gasteiger partial charge in [0.25, 0.3) is 0 Å². The van der Waals surface area contributed by atoms with Gasteiger partial charge in [0.2, 0.25) is 0 Å². The molecule has 2 heteroatoms. The number of anilines is 1. The Hall–Kier alpha value is -7.42. The Balaban J connectivity index is 1.03. The molecule has 0 saturated carbocycles. The molecular formula is C62H45NO. The van der Waals surface area contributed by atoms with Crippen molar-refractivity contribution in [1.82, 2.24) is 0 Å². The van der Waals surface area contributed by atoms with Crippen LogP contribution in [0.2, 0.25) is 0 Å². The van der Waals surface area contributed by atoms with Crippen LogP contribution in [-0.4, -0.2) is 0 Å². The third-order valence-corrected chi connectivity index (χ3v) is 15.6. The first-order chi connectivity index (χ1) is 31.5. The van der Waals surface area contributed by atoms with E-state index >= 15 is 0 Å². The van der Waals surface area contributed by atoms with E-state index in [1.807, 2.05) is 0 Å².